The van der Waals surface area contributed by atoms with Crippen LogP contribution in [0.1, 0.15) is 11.1 Å². The number of aromatic hydroxyl groups is 2. The first-order chi connectivity index (χ1) is 9.08. The average Bonchev–Trinajstić information content (AvgIpc) is 2.41. The summed E-state index contributed by atoms with van der Waals surface area (Å²) in [6.07, 6.45) is 6.56. The fourth-order valence-electron chi connectivity index (χ4n) is 1.53. The Kier molecular flexibility index (Phi) is 3.42. The normalized spacial score (nSPS) is 10.7. The molecule has 0 atom stereocenters. The second kappa shape index (κ2) is 5.18. The Hall–Kier alpha value is -2.89. The smallest absolute Gasteiger partial charge is 0.315 e. The van der Waals surface area contributed by atoms with Crippen molar-refractivity contribution in [3.05, 3.63) is 57.9 Å². The van der Waals surface area contributed by atoms with Crippen LogP contribution in [0.3, 0.4) is 0 Å². The Morgan fingerprint density at radius 1 is 1.11 bits per heavy atom. The molecule has 2 N–H and O–H groups in total. The molecule has 6 heteroatoms. The zero-order valence-electron chi connectivity index (χ0n) is 9.72. The minimum atomic E-state index is -0.751. The second-order valence-corrected chi connectivity index (χ2v) is 3.78. The van der Waals surface area contributed by atoms with Gasteiger partial charge in [0, 0.05) is 18.5 Å². The van der Waals surface area contributed by atoms with Gasteiger partial charge in [0.1, 0.15) is 0 Å². The molecule has 0 aliphatic rings. The third-order valence-corrected chi connectivity index (χ3v) is 2.46. The molecular weight excluding hydrogens is 248 g/mol. The van der Waals surface area contributed by atoms with Crippen molar-refractivity contribution in [2.24, 2.45) is 0 Å². The molecule has 1 heterocycles. The maximum absolute atomic E-state index is 10.7. The van der Waals surface area contributed by atoms with Gasteiger partial charge in [-0.25, -0.2) is 0 Å². The summed E-state index contributed by atoms with van der Waals surface area (Å²) in [5.41, 5.74) is 0.749. The number of phenolic OH excluding ortho intramolecular Hbond substituents is 2. The van der Waals surface area contributed by atoms with Crippen LogP contribution in [-0.2, 0) is 0 Å². The molecule has 6 nitrogen and oxygen atoms in total. The van der Waals surface area contributed by atoms with E-state index in [1.165, 1.54) is 12.1 Å². The van der Waals surface area contributed by atoms with Crippen LogP contribution < -0.4 is 0 Å². The lowest BCUT2D eigenvalue weighted by Crippen LogP contribution is -1.89. The monoisotopic (exact) mass is 258 g/mol. The lowest BCUT2D eigenvalue weighted by molar-refractivity contribution is -0.386. The van der Waals surface area contributed by atoms with Crippen molar-refractivity contribution in [2.75, 3.05) is 0 Å². The number of aromatic nitrogens is 1. The minimum absolute atomic E-state index is 0.416. The maximum atomic E-state index is 10.7. The van der Waals surface area contributed by atoms with Crippen molar-refractivity contribution >= 4 is 17.8 Å². The summed E-state index contributed by atoms with van der Waals surface area (Å²) in [4.78, 5) is 13.8. The first-order valence-corrected chi connectivity index (χ1v) is 5.36. The average molecular weight is 258 g/mol. The van der Waals surface area contributed by atoms with E-state index in [2.05, 4.69) is 4.98 Å². The number of nitro benzene ring substituents is 1. The van der Waals surface area contributed by atoms with Gasteiger partial charge in [0.15, 0.2) is 5.75 Å². The molecule has 0 saturated heterocycles. The van der Waals surface area contributed by atoms with E-state index in [-0.39, 0.29) is 0 Å². The van der Waals surface area contributed by atoms with E-state index < -0.39 is 22.1 Å². The third kappa shape index (κ3) is 2.86. The summed E-state index contributed by atoms with van der Waals surface area (Å²) < 4.78 is 0. The lowest BCUT2D eigenvalue weighted by atomic mass is 10.1. The molecule has 96 valence electrons. The summed E-state index contributed by atoms with van der Waals surface area (Å²) >= 11 is 0. The molecule has 0 amide bonds. The highest BCUT2D eigenvalue weighted by molar-refractivity contribution is 5.73. The van der Waals surface area contributed by atoms with Crippen molar-refractivity contribution in [2.45, 2.75) is 0 Å². The Bertz CT molecular complexity index is 639. The molecule has 1 aromatic heterocycles. The van der Waals surface area contributed by atoms with Crippen molar-refractivity contribution in [1.82, 2.24) is 4.98 Å². The molecule has 0 aliphatic heterocycles. The second-order valence-electron chi connectivity index (χ2n) is 3.78. The quantitative estimate of drug-likeness (QED) is 0.501. The summed E-state index contributed by atoms with van der Waals surface area (Å²) in [6, 6.07) is 5.98. The van der Waals surface area contributed by atoms with Crippen molar-refractivity contribution in [1.29, 1.82) is 0 Å². The van der Waals surface area contributed by atoms with Crippen molar-refractivity contribution in [3.63, 3.8) is 0 Å². The van der Waals surface area contributed by atoms with Gasteiger partial charge in [-0.2, -0.15) is 0 Å². The van der Waals surface area contributed by atoms with Gasteiger partial charge in [-0.05, 0) is 29.3 Å². The van der Waals surface area contributed by atoms with E-state index in [0.29, 0.717) is 5.56 Å². The van der Waals surface area contributed by atoms with Crippen LogP contribution >= 0.6 is 0 Å². The summed E-state index contributed by atoms with van der Waals surface area (Å²) in [5.74, 6) is -1.25. The molecule has 2 aromatic rings. The number of benzene rings is 1. The molecule has 1 aromatic carbocycles. The molecule has 0 unspecified atom stereocenters. The predicted molar refractivity (Wildman–Crippen MR) is 69.6 cm³/mol. The summed E-state index contributed by atoms with van der Waals surface area (Å²) in [5, 5.41) is 29.5. The Labute approximate surface area is 108 Å². The number of pyridine rings is 1. The molecule has 0 saturated carbocycles. The Morgan fingerprint density at radius 2 is 1.74 bits per heavy atom. The maximum Gasteiger partial charge on any atom is 0.315 e. The van der Waals surface area contributed by atoms with Crippen LogP contribution in [0, 0.1) is 10.1 Å². The van der Waals surface area contributed by atoms with Crippen LogP contribution in [0.2, 0.25) is 0 Å². The van der Waals surface area contributed by atoms with Gasteiger partial charge < -0.3 is 10.2 Å². The number of hydrogen-bond donors (Lipinski definition) is 2. The Balaban J connectivity index is 2.36. The SMILES string of the molecule is O=[N+]([O-])c1cc(/C=C/c2ccncc2)cc(O)c1O. The van der Waals surface area contributed by atoms with Crippen LogP contribution in [0.4, 0.5) is 5.69 Å². The fourth-order valence-corrected chi connectivity index (χ4v) is 1.53. The van der Waals surface area contributed by atoms with E-state index in [9.17, 15) is 20.3 Å². The van der Waals surface area contributed by atoms with Gasteiger partial charge in [-0.1, -0.05) is 12.2 Å². The first kappa shape index (κ1) is 12.6. The zero-order chi connectivity index (χ0) is 13.8. The summed E-state index contributed by atoms with van der Waals surface area (Å²) in [6.45, 7) is 0. The molecule has 0 aliphatic carbocycles. The van der Waals surface area contributed by atoms with E-state index in [4.69, 9.17) is 0 Å². The predicted octanol–water partition coefficient (Wildman–Crippen LogP) is 2.57. The van der Waals surface area contributed by atoms with E-state index in [0.717, 1.165) is 5.56 Å². The first-order valence-electron chi connectivity index (χ1n) is 5.36. The topological polar surface area (TPSA) is 96.5 Å². The highest BCUT2D eigenvalue weighted by atomic mass is 16.6. The van der Waals surface area contributed by atoms with Crippen molar-refractivity contribution in [3.8, 4) is 11.5 Å². The highest BCUT2D eigenvalue weighted by Crippen LogP contribution is 2.36. The van der Waals surface area contributed by atoms with E-state index >= 15 is 0 Å². The molecule has 19 heavy (non-hydrogen) atoms. The van der Waals surface area contributed by atoms with Gasteiger partial charge in [-0.3, -0.25) is 15.1 Å². The Morgan fingerprint density at radius 3 is 2.37 bits per heavy atom. The molecular formula is C13H10N2O4. The van der Waals surface area contributed by atoms with E-state index in [1.54, 1.807) is 36.7 Å². The molecule has 0 radical (unpaired) electrons. The number of hydrogen-bond acceptors (Lipinski definition) is 5. The van der Waals surface area contributed by atoms with Crippen molar-refractivity contribution < 1.29 is 15.1 Å². The van der Waals surface area contributed by atoms with Gasteiger partial charge in [-0.15, -0.1) is 0 Å². The van der Waals surface area contributed by atoms with Crippen LogP contribution in [0.5, 0.6) is 11.5 Å². The molecule has 0 bridgehead atoms. The standard InChI is InChI=1S/C13H10N2O4/c16-12-8-10(7-11(13(12)17)15(18)19)2-1-9-3-5-14-6-4-9/h1-8,16-17H/b2-1+. The number of phenols is 2. The van der Waals surface area contributed by atoms with Crippen LogP contribution in [-0.4, -0.2) is 20.1 Å². The number of rotatable bonds is 3. The molecule has 0 fully saturated rings. The molecule has 0 spiro atoms. The minimum Gasteiger partial charge on any atom is -0.504 e. The largest absolute Gasteiger partial charge is 0.504 e. The fraction of sp³-hybridized carbons (Fsp3) is 0. The van der Waals surface area contributed by atoms with E-state index in [1.807, 2.05) is 0 Å². The van der Waals surface area contributed by atoms with Crippen LogP contribution in [0.25, 0.3) is 12.2 Å². The van der Waals surface area contributed by atoms with Gasteiger partial charge in [0.05, 0.1) is 4.92 Å². The van der Waals surface area contributed by atoms with Gasteiger partial charge in [0.2, 0.25) is 5.75 Å². The number of nitro groups is 1. The third-order valence-electron chi connectivity index (χ3n) is 2.46. The number of nitrogens with zero attached hydrogens (tertiary/aromatic N) is 2. The van der Waals surface area contributed by atoms with Crippen LogP contribution in [0.15, 0.2) is 36.7 Å². The summed E-state index contributed by atoms with van der Waals surface area (Å²) in [7, 11) is 0. The molecule has 2 rings (SSSR count). The van der Waals surface area contributed by atoms with Gasteiger partial charge in [0.25, 0.3) is 0 Å². The highest BCUT2D eigenvalue weighted by Gasteiger charge is 2.17. The van der Waals surface area contributed by atoms with Gasteiger partial charge >= 0.3 is 5.69 Å². The lowest BCUT2D eigenvalue weighted by Gasteiger charge is -2.01. The zero-order valence-corrected chi connectivity index (χ0v) is 9.72.